The van der Waals surface area contributed by atoms with Crippen LogP contribution in [-0.4, -0.2) is 35.1 Å². The zero-order chi connectivity index (χ0) is 11.1. The fourth-order valence-corrected chi connectivity index (χ4v) is 2.72. The van der Waals surface area contributed by atoms with Crippen LogP contribution in [0.1, 0.15) is 39.5 Å². The Morgan fingerprint density at radius 1 is 1.27 bits per heavy atom. The third-order valence-electron chi connectivity index (χ3n) is 4.08. The summed E-state index contributed by atoms with van der Waals surface area (Å²) in [5.41, 5.74) is 0.508. The second-order valence-corrected chi connectivity index (χ2v) is 5.88. The maximum absolute atomic E-state index is 10.7. The summed E-state index contributed by atoms with van der Waals surface area (Å²) >= 11 is 0. The quantitative estimate of drug-likeness (QED) is 0.759. The van der Waals surface area contributed by atoms with Gasteiger partial charge in [-0.15, -0.1) is 0 Å². The number of rotatable bonds is 2. The van der Waals surface area contributed by atoms with Crippen LogP contribution in [0, 0.1) is 11.3 Å². The van der Waals surface area contributed by atoms with Gasteiger partial charge in [-0.05, 0) is 31.1 Å². The molecule has 0 atom stereocenters. The molecule has 15 heavy (non-hydrogen) atoms. The first-order valence-electron chi connectivity index (χ1n) is 5.95. The Morgan fingerprint density at radius 3 is 2.27 bits per heavy atom. The van der Waals surface area contributed by atoms with Crippen LogP contribution in [0.3, 0.4) is 0 Å². The molecule has 1 aliphatic carbocycles. The van der Waals surface area contributed by atoms with E-state index in [9.17, 15) is 4.79 Å². The van der Waals surface area contributed by atoms with Crippen molar-refractivity contribution in [2.45, 2.75) is 45.6 Å². The summed E-state index contributed by atoms with van der Waals surface area (Å²) in [7, 11) is 0. The van der Waals surface area contributed by atoms with Crippen molar-refractivity contribution in [2.24, 2.45) is 11.3 Å². The Kier molecular flexibility index (Phi) is 2.75. The topological polar surface area (TPSA) is 40.5 Å². The first-order chi connectivity index (χ1) is 6.98. The van der Waals surface area contributed by atoms with Crippen LogP contribution in [0.15, 0.2) is 0 Å². The van der Waals surface area contributed by atoms with Crippen molar-refractivity contribution in [3.05, 3.63) is 0 Å². The van der Waals surface area contributed by atoms with Crippen LogP contribution in [0.25, 0.3) is 0 Å². The van der Waals surface area contributed by atoms with Gasteiger partial charge in [0.05, 0.1) is 5.92 Å². The van der Waals surface area contributed by atoms with Gasteiger partial charge in [0.2, 0.25) is 0 Å². The molecule has 2 rings (SSSR count). The van der Waals surface area contributed by atoms with Gasteiger partial charge < -0.3 is 5.11 Å². The third kappa shape index (κ3) is 2.33. The molecule has 3 heteroatoms. The van der Waals surface area contributed by atoms with E-state index in [0.717, 1.165) is 13.1 Å². The molecule has 0 spiro atoms. The van der Waals surface area contributed by atoms with Gasteiger partial charge in [0.1, 0.15) is 0 Å². The average molecular weight is 211 g/mol. The molecule has 3 nitrogen and oxygen atoms in total. The zero-order valence-corrected chi connectivity index (χ0v) is 9.70. The fourth-order valence-electron chi connectivity index (χ4n) is 2.72. The van der Waals surface area contributed by atoms with Crippen molar-refractivity contribution in [1.82, 2.24) is 4.90 Å². The molecule has 1 saturated carbocycles. The molecule has 2 fully saturated rings. The highest BCUT2D eigenvalue weighted by Gasteiger charge is 2.39. The van der Waals surface area contributed by atoms with Crippen LogP contribution < -0.4 is 0 Å². The van der Waals surface area contributed by atoms with Gasteiger partial charge in [0.25, 0.3) is 0 Å². The van der Waals surface area contributed by atoms with Gasteiger partial charge in [0.15, 0.2) is 0 Å². The van der Waals surface area contributed by atoms with Crippen molar-refractivity contribution < 1.29 is 9.90 Å². The molecule has 1 heterocycles. The minimum absolute atomic E-state index is 0.0973. The molecule has 0 radical (unpaired) electrons. The van der Waals surface area contributed by atoms with Crippen LogP contribution >= 0.6 is 0 Å². The van der Waals surface area contributed by atoms with Gasteiger partial charge >= 0.3 is 5.97 Å². The fraction of sp³-hybridized carbons (Fsp3) is 0.917. The van der Waals surface area contributed by atoms with Crippen molar-refractivity contribution in [2.75, 3.05) is 13.1 Å². The van der Waals surface area contributed by atoms with Crippen LogP contribution in [0.4, 0.5) is 0 Å². The molecule has 1 saturated heterocycles. The smallest absolute Gasteiger partial charge is 0.309 e. The van der Waals surface area contributed by atoms with Crippen LogP contribution in [0.5, 0.6) is 0 Å². The first-order valence-corrected chi connectivity index (χ1v) is 5.95. The maximum Gasteiger partial charge on any atom is 0.309 e. The Hall–Kier alpha value is -0.570. The number of carboxylic acid groups (broad SMARTS) is 1. The van der Waals surface area contributed by atoms with Crippen molar-refractivity contribution in [3.8, 4) is 0 Å². The summed E-state index contributed by atoms with van der Waals surface area (Å²) in [6.07, 6.45) is 5.07. The molecule has 2 aliphatic rings. The summed E-state index contributed by atoms with van der Waals surface area (Å²) in [4.78, 5) is 13.0. The Bertz CT molecular complexity index is 246. The van der Waals surface area contributed by atoms with E-state index in [-0.39, 0.29) is 5.92 Å². The van der Waals surface area contributed by atoms with E-state index in [1.165, 1.54) is 25.7 Å². The molecule has 0 bridgehead atoms. The number of hydrogen-bond donors (Lipinski definition) is 1. The van der Waals surface area contributed by atoms with E-state index in [1.54, 1.807) is 0 Å². The lowest BCUT2D eigenvalue weighted by Gasteiger charge is -2.46. The van der Waals surface area contributed by atoms with E-state index in [0.29, 0.717) is 11.5 Å². The molecule has 0 aromatic carbocycles. The lowest BCUT2D eigenvalue weighted by Crippen LogP contribution is -2.55. The largest absolute Gasteiger partial charge is 0.481 e. The normalized spacial score (nSPS) is 28.7. The van der Waals surface area contributed by atoms with Crippen molar-refractivity contribution >= 4 is 5.97 Å². The van der Waals surface area contributed by atoms with Gasteiger partial charge in [-0.2, -0.15) is 0 Å². The lowest BCUT2D eigenvalue weighted by molar-refractivity contribution is -0.149. The number of carbonyl (C=O) groups is 1. The Balaban J connectivity index is 1.77. The van der Waals surface area contributed by atoms with E-state index in [4.69, 9.17) is 5.11 Å². The Labute approximate surface area is 91.5 Å². The molecule has 1 aliphatic heterocycles. The standard InChI is InChI=1S/C12H21NO2/c1-12(2)5-3-10(4-6-12)13-7-9(8-13)11(14)15/h9-10H,3-8H2,1-2H3,(H,14,15). The summed E-state index contributed by atoms with van der Waals surface area (Å²) < 4.78 is 0. The number of nitrogens with zero attached hydrogens (tertiary/aromatic N) is 1. The molecule has 0 unspecified atom stereocenters. The summed E-state index contributed by atoms with van der Waals surface area (Å²) in [5, 5.41) is 8.81. The first kappa shape index (κ1) is 10.9. The minimum atomic E-state index is -0.623. The van der Waals surface area contributed by atoms with Crippen molar-refractivity contribution in [3.63, 3.8) is 0 Å². The third-order valence-corrected chi connectivity index (χ3v) is 4.08. The van der Waals surface area contributed by atoms with Gasteiger partial charge in [-0.3, -0.25) is 9.69 Å². The molecular weight excluding hydrogens is 190 g/mol. The highest BCUT2D eigenvalue weighted by Crippen LogP contribution is 2.38. The molecule has 0 aromatic heterocycles. The van der Waals surface area contributed by atoms with Gasteiger partial charge in [0, 0.05) is 19.1 Å². The highest BCUT2D eigenvalue weighted by atomic mass is 16.4. The average Bonchev–Trinajstić information content (AvgIpc) is 2.04. The van der Waals surface area contributed by atoms with E-state index in [1.807, 2.05) is 0 Å². The number of aliphatic carboxylic acids is 1. The zero-order valence-electron chi connectivity index (χ0n) is 9.70. The SMILES string of the molecule is CC1(C)CCC(N2CC(C(=O)O)C2)CC1. The van der Waals surface area contributed by atoms with Gasteiger partial charge in [-0.1, -0.05) is 13.8 Å². The predicted octanol–water partition coefficient (Wildman–Crippen LogP) is 1.97. The molecule has 0 aromatic rings. The Morgan fingerprint density at radius 2 is 1.80 bits per heavy atom. The lowest BCUT2D eigenvalue weighted by atomic mass is 9.74. The van der Waals surface area contributed by atoms with Gasteiger partial charge in [-0.25, -0.2) is 0 Å². The molecule has 1 N–H and O–H groups in total. The van der Waals surface area contributed by atoms with E-state index >= 15 is 0 Å². The molecule has 86 valence electrons. The number of carboxylic acids is 1. The summed E-state index contributed by atoms with van der Waals surface area (Å²) in [6, 6.07) is 0.661. The summed E-state index contributed by atoms with van der Waals surface area (Å²) in [5.74, 6) is -0.720. The van der Waals surface area contributed by atoms with Crippen LogP contribution in [-0.2, 0) is 4.79 Å². The monoisotopic (exact) mass is 211 g/mol. The predicted molar refractivity (Wildman–Crippen MR) is 58.7 cm³/mol. The summed E-state index contributed by atoms with van der Waals surface area (Å²) in [6.45, 7) is 6.22. The van der Waals surface area contributed by atoms with Crippen LogP contribution in [0.2, 0.25) is 0 Å². The van der Waals surface area contributed by atoms with Crippen molar-refractivity contribution in [1.29, 1.82) is 0 Å². The van der Waals surface area contributed by atoms with E-state index < -0.39 is 5.97 Å². The highest BCUT2D eigenvalue weighted by molar-refractivity contribution is 5.71. The van der Waals surface area contributed by atoms with E-state index in [2.05, 4.69) is 18.7 Å². The molecular formula is C12H21NO2. The number of hydrogen-bond acceptors (Lipinski definition) is 2. The number of likely N-dealkylation sites (tertiary alicyclic amines) is 1. The minimum Gasteiger partial charge on any atom is -0.481 e. The second-order valence-electron chi connectivity index (χ2n) is 5.88. The maximum atomic E-state index is 10.7. The second kappa shape index (κ2) is 3.78. The molecule has 0 amide bonds.